The summed E-state index contributed by atoms with van der Waals surface area (Å²) in [5.74, 6) is 1.93. The Balaban J connectivity index is 1.70. The van der Waals surface area contributed by atoms with Crippen LogP contribution in [0, 0.1) is 0 Å². The summed E-state index contributed by atoms with van der Waals surface area (Å²) in [6.45, 7) is 0.965. The molecule has 0 bridgehead atoms. The van der Waals surface area contributed by atoms with Crippen molar-refractivity contribution in [1.29, 1.82) is 0 Å². The number of benzene rings is 1. The van der Waals surface area contributed by atoms with E-state index in [0.29, 0.717) is 5.37 Å². The van der Waals surface area contributed by atoms with Gasteiger partial charge in [-0.05, 0) is 64.5 Å². The van der Waals surface area contributed by atoms with E-state index in [1.165, 1.54) is 4.88 Å². The van der Waals surface area contributed by atoms with Gasteiger partial charge in [0.05, 0.1) is 10.9 Å². The molecule has 1 aromatic carbocycles. The number of hydrogen-bond donors (Lipinski definition) is 1. The fourth-order valence-electron chi connectivity index (χ4n) is 2.24. The zero-order valence-electron chi connectivity index (χ0n) is 11.9. The number of thiophene rings is 1. The van der Waals surface area contributed by atoms with Crippen LogP contribution in [0.2, 0.25) is 0 Å². The van der Waals surface area contributed by atoms with Gasteiger partial charge in [0.25, 0.3) is 0 Å². The normalized spacial score (nSPS) is 17.5. The zero-order valence-corrected chi connectivity index (χ0v) is 15.9. The Hall–Kier alpha value is -0.760. The summed E-state index contributed by atoms with van der Waals surface area (Å²) in [6, 6.07) is 12.1. The summed E-state index contributed by atoms with van der Waals surface area (Å²) in [5.41, 5.74) is 0.980. The van der Waals surface area contributed by atoms with Gasteiger partial charge in [-0.3, -0.25) is 0 Å². The van der Waals surface area contributed by atoms with Gasteiger partial charge in [-0.2, -0.15) is 0 Å². The van der Waals surface area contributed by atoms with E-state index in [-0.39, 0.29) is 0 Å². The average Bonchev–Trinajstić information content (AvgIpc) is 3.16. The molecular weight excluding hydrogens is 400 g/mol. The molecule has 2 aromatic rings. The van der Waals surface area contributed by atoms with Gasteiger partial charge in [-0.1, -0.05) is 0 Å². The molecule has 0 unspecified atom stereocenters. The highest BCUT2D eigenvalue weighted by Crippen LogP contribution is 2.42. The van der Waals surface area contributed by atoms with Gasteiger partial charge < -0.3 is 15.0 Å². The SMILES string of the molecule is COc1ccc(NC(=S)N2CCS[C@H]2c2ccc(Br)s2)cc1. The molecule has 22 heavy (non-hydrogen) atoms. The van der Waals surface area contributed by atoms with Crippen LogP contribution in [0.25, 0.3) is 0 Å². The van der Waals surface area contributed by atoms with Crippen LogP contribution < -0.4 is 10.1 Å². The number of methoxy groups -OCH3 is 1. The predicted molar refractivity (Wildman–Crippen MR) is 103 cm³/mol. The van der Waals surface area contributed by atoms with E-state index >= 15 is 0 Å². The third kappa shape index (κ3) is 3.59. The molecule has 7 heteroatoms. The highest BCUT2D eigenvalue weighted by molar-refractivity contribution is 9.11. The molecule has 1 aliphatic heterocycles. The molecule has 116 valence electrons. The minimum Gasteiger partial charge on any atom is -0.497 e. The van der Waals surface area contributed by atoms with Crippen LogP contribution in [0.3, 0.4) is 0 Å². The van der Waals surface area contributed by atoms with Gasteiger partial charge >= 0.3 is 0 Å². The summed E-state index contributed by atoms with van der Waals surface area (Å²) in [6.07, 6.45) is 0. The molecule has 3 nitrogen and oxygen atoms in total. The molecule has 0 amide bonds. The number of hydrogen-bond acceptors (Lipinski definition) is 4. The topological polar surface area (TPSA) is 24.5 Å². The molecular formula is C15H15BrN2OS3. The van der Waals surface area contributed by atoms with E-state index < -0.39 is 0 Å². The summed E-state index contributed by atoms with van der Waals surface area (Å²) in [5, 5.41) is 4.39. The van der Waals surface area contributed by atoms with Gasteiger partial charge in [0.1, 0.15) is 11.1 Å². The lowest BCUT2D eigenvalue weighted by molar-refractivity contribution is 0.415. The number of nitrogens with zero attached hydrogens (tertiary/aromatic N) is 1. The first-order valence-electron chi connectivity index (χ1n) is 6.76. The maximum atomic E-state index is 5.60. The number of anilines is 1. The molecule has 1 atom stereocenters. The summed E-state index contributed by atoms with van der Waals surface area (Å²) >= 11 is 12.8. The molecule has 0 spiro atoms. The van der Waals surface area contributed by atoms with Crippen LogP contribution in [0.1, 0.15) is 10.3 Å². The number of rotatable bonds is 3. The maximum Gasteiger partial charge on any atom is 0.174 e. The van der Waals surface area contributed by atoms with E-state index in [0.717, 1.165) is 32.6 Å². The molecule has 1 N–H and O–H groups in total. The fourth-order valence-corrected chi connectivity index (χ4v) is 5.55. The second-order valence-electron chi connectivity index (χ2n) is 4.72. The van der Waals surface area contributed by atoms with Crippen LogP contribution in [-0.2, 0) is 0 Å². The van der Waals surface area contributed by atoms with Gasteiger partial charge in [-0.15, -0.1) is 23.1 Å². The molecule has 1 fully saturated rings. The van der Waals surface area contributed by atoms with Crippen LogP contribution in [0.4, 0.5) is 5.69 Å². The summed E-state index contributed by atoms with van der Waals surface area (Å²) in [7, 11) is 1.66. The molecule has 3 rings (SSSR count). The van der Waals surface area contributed by atoms with Crippen molar-refractivity contribution in [1.82, 2.24) is 4.90 Å². The van der Waals surface area contributed by atoms with Crippen LogP contribution in [0.15, 0.2) is 40.2 Å². The summed E-state index contributed by atoms with van der Waals surface area (Å²) < 4.78 is 6.33. The lowest BCUT2D eigenvalue weighted by Gasteiger charge is -2.26. The number of nitrogens with one attached hydrogen (secondary N) is 1. The maximum absolute atomic E-state index is 5.60. The zero-order chi connectivity index (χ0) is 15.5. The fraction of sp³-hybridized carbons (Fsp3) is 0.267. The monoisotopic (exact) mass is 414 g/mol. The quantitative estimate of drug-likeness (QED) is 0.715. The smallest absolute Gasteiger partial charge is 0.174 e. The van der Waals surface area contributed by atoms with Crippen LogP contribution in [0.5, 0.6) is 5.75 Å². The number of ether oxygens (including phenoxy) is 1. The standard InChI is InChI=1S/C15H15BrN2OS3/c1-19-11-4-2-10(3-5-11)17-15(20)18-8-9-21-14(18)12-6-7-13(16)22-12/h2-7,14H,8-9H2,1H3,(H,17,20)/t14-/m0/s1. The first-order valence-corrected chi connectivity index (χ1v) is 9.82. The third-order valence-corrected chi connectivity index (χ3v) is 6.73. The van der Waals surface area contributed by atoms with Crippen molar-refractivity contribution in [2.24, 2.45) is 0 Å². The first-order chi connectivity index (χ1) is 10.7. The lowest BCUT2D eigenvalue weighted by atomic mass is 10.3. The van der Waals surface area contributed by atoms with Crippen molar-refractivity contribution in [3.8, 4) is 5.75 Å². The lowest BCUT2D eigenvalue weighted by Crippen LogP contribution is -2.33. The molecule has 1 aromatic heterocycles. The van der Waals surface area contributed by atoms with Crippen molar-refractivity contribution in [3.05, 3.63) is 45.1 Å². The van der Waals surface area contributed by atoms with Gasteiger partial charge in [0.2, 0.25) is 0 Å². The molecule has 0 saturated carbocycles. The molecule has 0 radical (unpaired) electrons. The Morgan fingerprint density at radius 2 is 2.09 bits per heavy atom. The van der Waals surface area contributed by atoms with E-state index in [9.17, 15) is 0 Å². The van der Waals surface area contributed by atoms with Gasteiger partial charge in [-0.25, -0.2) is 0 Å². The van der Waals surface area contributed by atoms with Crippen LogP contribution >= 0.6 is 51.2 Å². The Bertz CT molecular complexity index is 659. The Morgan fingerprint density at radius 3 is 2.73 bits per heavy atom. The van der Waals surface area contributed by atoms with Crippen molar-refractivity contribution >= 4 is 62.0 Å². The van der Waals surface area contributed by atoms with E-state index in [1.54, 1.807) is 18.4 Å². The van der Waals surface area contributed by atoms with Crippen molar-refractivity contribution in [2.45, 2.75) is 5.37 Å². The predicted octanol–water partition coefficient (Wildman–Crippen LogP) is 4.96. The average molecular weight is 415 g/mol. The third-order valence-electron chi connectivity index (χ3n) is 3.33. The Kier molecular flexibility index (Phi) is 5.28. The molecule has 0 aliphatic carbocycles. The number of thiocarbonyl (C=S) groups is 1. The largest absolute Gasteiger partial charge is 0.497 e. The van der Waals surface area contributed by atoms with Gasteiger partial charge in [0.15, 0.2) is 5.11 Å². The number of thioether (sulfide) groups is 1. The Morgan fingerprint density at radius 1 is 1.32 bits per heavy atom. The van der Waals surface area contributed by atoms with E-state index in [4.69, 9.17) is 17.0 Å². The second kappa shape index (κ2) is 7.21. The molecule has 1 saturated heterocycles. The van der Waals surface area contributed by atoms with Crippen molar-refractivity contribution in [2.75, 3.05) is 24.7 Å². The van der Waals surface area contributed by atoms with Crippen molar-refractivity contribution in [3.63, 3.8) is 0 Å². The first kappa shape index (κ1) is 16.1. The Labute approximate surface area is 152 Å². The summed E-state index contributed by atoms with van der Waals surface area (Å²) in [4.78, 5) is 3.58. The highest BCUT2D eigenvalue weighted by Gasteiger charge is 2.29. The second-order valence-corrected chi connectivity index (χ2v) is 8.79. The molecule has 1 aliphatic rings. The highest BCUT2D eigenvalue weighted by atomic mass is 79.9. The minimum atomic E-state index is 0.301. The molecule has 2 heterocycles. The van der Waals surface area contributed by atoms with E-state index in [1.807, 2.05) is 36.0 Å². The van der Waals surface area contributed by atoms with Crippen molar-refractivity contribution < 1.29 is 4.74 Å². The van der Waals surface area contributed by atoms with Gasteiger partial charge in [0, 0.05) is 22.9 Å². The number of halogens is 1. The van der Waals surface area contributed by atoms with Crippen LogP contribution in [-0.4, -0.2) is 29.4 Å². The minimum absolute atomic E-state index is 0.301. The van der Waals surface area contributed by atoms with E-state index in [2.05, 4.69) is 38.3 Å².